The number of pyridine rings is 1. The highest BCUT2D eigenvalue weighted by Gasteiger charge is 2.41. The Morgan fingerprint density at radius 2 is 2.00 bits per heavy atom. The minimum absolute atomic E-state index is 0.271. The van der Waals surface area contributed by atoms with E-state index in [0.29, 0.717) is 52.6 Å². The number of nitrogens with one attached hydrogen (secondary N) is 1. The molecule has 0 spiro atoms. The Bertz CT molecular complexity index is 1520. The van der Waals surface area contributed by atoms with Crippen LogP contribution in [0.25, 0.3) is 11.3 Å². The number of allylic oxidation sites excluding steroid dienone is 1. The normalized spacial score (nSPS) is 19.1. The van der Waals surface area contributed by atoms with E-state index in [2.05, 4.69) is 5.32 Å². The number of amides is 1. The monoisotopic (exact) mass is 485 g/mol. The molecule has 10 heteroatoms. The van der Waals surface area contributed by atoms with Crippen LogP contribution in [0.15, 0.2) is 58.7 Å². The van der Waals surface area contributed by atoms with Gasteiger partial charge in [-0.15, -0.1) is 0 Å². The van der Waals surface area contributed by atoms with Crippen LogP contribution in [-0.4, -0.2) is 48.4 Å². The predicted octanol–water partition coefficient (Wildman–Crippen LogP) is 2.22. The summed E-state index contributed by atoms with van der Waals surface area (Å²) in [6, 6.07) is 4.01. The van der Waals surface area contributed by atoms with Crippen LogP contribution in [0, 0.1) is 11.6 Å². The molecule has 0 fully saturated rings. The van der Waals surface area contributed by atoms with Crippen molar-refractivity contribution in [1.82, 2.24) is 14.8 Å². The lowest BCUT2D eigenvalue weighted by Crippen LogP contribution is -2.41. The summed E-state index contributed by atoms with van der Waals surface area (Å²) in [7, 11) is -1.84. The molecule has 0 radical (unpaired) electrons. The molecular formula is C24H21F2N3O4S. The quantitative estimate of drug-likeness (QED) is 0.721. The molecule has 3 aliphatic rings. The Hall–Kier alpha value is -3.53. The molecule has 2 aromatic rings. The zero-order chi connectivity index (χ0) is 24.4. The number of rotatable bonds is 3. The van der Waals surface area contributed by atoms with E-state index in [4.69, 9.17) is 0 Å². The van der Waals surface area contributed by atoms with E-state index in [1.54, 1.807) is 31.6 Å². The molecule has 3 heterocycles. The van der Waals surface area contributed by atoms with Crippen LogP contribution in [0.2, 0.25) is 0 Å². The SMILES string of the molecule is Cn1ccc2c(c1=O)C1=C3C(=CN(C(=O)c4ccc(F)cc4F)C3CCN1)C=C2CS(C)(=O)=O. The van der Waals surface area contributed by atoms with E-state index in [1.807, 2.05) is 0 Å². The van der Waals surface area contributed by atoms with Crippen molar-refractivity contribution in [3.05, 3.63) is 92.6 Å². The van der Waals surface area contributed by atoms with Gasteiger partial charge in [0.05, 0.1) is 28.6 Å². The van der Waals surface area contributed by atoms with Gasteiger partial charge in [-0.3, -0.25) is 9.59 Å². The topological polar surface area (TPSA) is 88.5 Å². The maximum atomic E-state index is 14.4. The average molecular weight is 486 g/mol. The number of sulfone groups is 1. The lowest BCUT2D eigenvalue weighted by molar-refractivity contribution is 0.0788. The molecule has 1 aliphatic carbocycles. The van der Waals surface area contributed by atoms with Crippen molar-refractivity contribution in [2.75, 3.05) is 18.6 Å². The number of aromatic nitrogens is 1. The molecule has 0 saturated heterocycles. The summed E-state index contributed by atoms with van der Waals surface area (Å²) in [5, 5.41) is 3.27. The number of aryl methyl sites for hydroxylation is 1. The van der Waals surface area contributed by atoms with Gasteiger partial charge in [0.2, 0.25) is 0 Å². The van der Waals surface area contributed by atoms with Crippen LogP contribution < -0.4 is 10.9 Å². The number of halogens is 2. The number of carbonyl (C=O) groups excluding carboxylic acids is 1. The largest absolute Gasteiger partial charge is 0.384 e. The Balaban J connectivity index is 1.73. The molecule has 0 saturated carbocycles. The minimum atomic E-state index is -3.45. The number of hydrogen-bond acceptors (Lipinski definition) is 5. The fraction of sp³-hybridized carbons (Fsp3) is 0.250. The number of benzene rings is 1. The van der Waals surface area contributed by atoms with Gasteiger partial charge in [-0.2, -0.15) is 0 Å². The molecule has 2 aliphatic heterocycles. The maximum absolute atomic E-state index is 14.4. The summed E-state index contributed by atoms with van der Waals surface area (Å²) in [6.45, 7) is 0.444. The van der Waals surface area contributed by atoms with Crippen molar-refractivity contribution >= 4 is 27.0 Å². The number of hydrogen-bond donors (Lipinski definition) is 1. The highest BCUT2D eigenvalue weighted by Crippen LogP contribution is 2.43. The number of fused-ring (bicyclic) bond motifs is 2. The standard InChI is InChI=1S/C24H21F2N3O4S/c1-28-8-6-16-14(12-34(2,32)33)9-13-11-29(23(30)17-4-3-15(25)10-18(17)26)19-5-7-27-22(20(13)19)21(16)24(28)31/h3-4,6,8-11,19,27H,5,7,12H2,1-2H3. The Kier molecular flexibility index (Phi) is 5.09. The third-order valence-electron chi connectivity index (χ3n) is 6.25. The molecule has 7 nitrogen and oxygen atoms in total. The third-order valence-corrected chi connectivity index (χ3v) is 7.09. The fourth-order valence-corrected chi connectivity index (χ4v) is 5.61. The van der Waals surface area contributed by atoms with Crippen molar-refractivity contribution < 1.29 is 22.0 Å². The zero-order valence-electron chi connectivity index (χ0n) is 18.4. The summed E-state index contributed by atoms with van der Waals surface area (Å²) in [6.07, 6.45) is 6.42. The highest BCUT2D eigenvalue weighted by molar-refractivity contribution is 7.91. The minimum Gasteiger partial charge on any atom is -0.384 e. The van der Waals surface area contributed by atoms with E-state index in [9.17, 15) is 26.8 Å². The lowest BCUT2D eigenvalue weighted by atomic mass is 9.92. The third kappa shape index (κ3) is 3.58. The van der Waals surface area contributed by atoms with Gasteiger partial charge in [-0.05, 0) is 47.4 Å². The molecule has 0 bridgehead atoms. The van der Waals surface area contributed by atoms with Crippen LogP contribution in [0.4, 0.5) is 8.78 Å². The second kappa shape index (κ2) is 7.76. The summed E-state index contributed by atoms with van der Waals surface area (Å²) >= 11 is 0. The van der Waals surface area contributed by atoms with E-state index in [0.717, 1.165) is 18.4 Å². The molecule has 34 heavy (non-hydrogen) atoms. The molecular weight excluding hydrogens is 464 g/mol. The molecule has 1 atom stereocenters. The zero-order valence-corrected chi connectivity index (χ0v) is 19.2. The molecule has 1 aromatic heterocycles. The van der Waals surface area contributed by atoms with Gasteiger partial charge in [-0.1, -0.05) is 0 Å². The first-order valence-electron chi connectivity index (χ1n) is 10.6. The Morgan fingerprint density at radius 3 is 2.71 bits per heavy atom. The van der Waals surface area contributed by atoms with Gasteiger partial charge in [0, 0.05) is 43.9 Å². The summed E-state index contributed by atoms with van der Waals surface area (Å²) < 4.78 is 53.6. The lowest BCUT2D eigenvalue weighted by Gasteiger charge is -2.31. The maximum Gasteiger partial charge on any atom is 0.261 e. The molecule has 1 aromatic carbocycles. The first-order chi connectivity index (χ1) is 16.0. The van der Waals surface area contributed by atoms with Crippen molar-refractivity contribution in [1.29, 1.82) is 0 Å². The van der Waals surface area contributed by atoms with Crippen molar-refractivity contribution in [3.8, 4) is 0 Å². The first kappa shape index (κ1) is 22.3. The van der Waals surface area contributed by atoms with Crippen LogP contribution >= 0.6 is 0 Å². The number of carbonyl (C=O) groups is 1. The molecule has 1 N–H and O–H groups in total. The van der Waals surface area contributed by atoms with Crippen molar-refractivity contribution in [2.45, 2.75) is 12.5 Å². The second-order valence-electron chi connectivity index (χ2n) is 8.70. The van der Waals surface area contributed by atoms with Crippen molar-refractivity contribution in [3.63, 3.8) is 0 Å². The van der Waals surface area contributed by atoms with Crippen LogP contribution in [0.5, 0.6) is 0 Å². The van der Waals surface area contributed by atoms with Crippen molar-refractivity contribution in [2.24, 2.45) is 7.05 Å². The second-order valence-corrected chi connectivity index (χ2v) is 10.8. The van der Waals surface area contributed by atoms with Crippen LogP contribution in [0.1, 0.15) is 27.9 Å². The van der Waals surface area contributed by atoms with E-state index >= 15 is 0 Å². The highest BCUT2D eigenvalue weighted by atomic mass is 32.2. The summed E-state index contributed by atoms with van der Waals surface area (Å²) in [4.78, 5) is 27.9. The Morgan fingerprint density at radius 1 is 1.24 bits per heavy atom. The molecule has 1 amide bonds. The van der Waals surface area contributed by atoms with Gasteiger partial charge < -0.3 is 14.8 Å². The predicted molar refractivity (Wildman–Crippen MR) is 123 cm³/mol. The molecule has 176 valence electrons. The Labute approximate surface area is 194 Å². The molecule has 5 rings (SSSR count). The van der Waals surface area contributed by atoms with Crippen LogP contribution in [0.3, 0.4) is 0 Å². The van der Waals surface area contributed by atoms with Gasteiger partial charge in [0.15, 0.2) is 9.84 Å². The van der Waals surface area contributed by atoms with Gasteiger partial charge in [-0.25, -0.2) is 17.2 Å². The average Bonchev–Trinajstić information content (AvgIpc) is 3.06. The van der Waals surface area contributed by atoms with E-state index in [-0.39, 0.29) is 16.9 Å². The van der Waals surface area contributed by atoms with Gasteiger partial charge in [0.25, 0.3) is 11.5 Å². The summed E-state index contributed by atoms with van der Waals surface area (Å²) in [5.74, 6) is -2.69. The van der Waals surface area contributed by atoms with Gasteiger partial charge >= 0.3 is 0 Å². The van der Waals surface area contributed by atoms with Gasteiger partial charge in [0.1, 0.15) is 11.6 Å². The molecule has 1 unspecified atom stereocenters. The fourth-order valence-electron chi connectivity index (χ4n) is 4.81. The van der Waals surface area contributed by atoms with E-state index < -0.39 is 33.4 Å². The summed E-state index contributed by atoms with van der Waals surface area (Å²) in [5.41, 5.74) is 2.49. The van der Waals surface area contributed by atoms with E-state index in [1.165, 1.54) is 9.47 Å². The first-order valence-corrected chi connectivity index (χ1v) is 12.7. The van der Waals surface area contributed by atoms with Crippen LogP contribution in [-0.2, 0) is 16.9 Å². The smallest absolute Gasteiger partial charge is 0.261 e. The number of nitrogens with zero attached hydrogens (tertiary/aromatic N) is 2.